The monoisotopic (exact) mass is 483 g/mol. The van der Waals surface area contributed by atoms with Gasteiger partial charge in [0.25, 0.3) is 11.8 Å². The molecule has 11 heteroatoms. The Hall–Kier alpha value is -3.08. The van der Waals surface area contributed by atoms with E-state index in [1.54, 1.807) is 5.38 Å². The number of rotatable bonds is 10. The molecule has 0 spiro atoms. The van der Waals surface area contributed by atoms with Crippen molar-refractivity contribution in [3.05, 3.63) is 52.0 Å². The molecule has 1 heterocycles. The van der Waals surface area contributed by atoms with E-state index in [0.717, 1.165) is 31.4 Å². The number of nitrogens with one attached hydrogen (secondary N) is 2. The Bertz CT molecular complexity index is 974. The summed E-state index contributed by atoms with van der Waals surface area (Å²) in [5.74, 6) is -0.847. The summed E-state index contributed by atoms with van der Waals surface area (Å²) in [5, 5.41) is 7.69. The highest BCUT2D eigenvalue weighted by atomic mass is 32.1. The Kier molecular flexibility index (Phi) is 8.70. The molecule has 0 radical (unpaired) electrons. The van der Waals surface area contributed by atoms with Crippen molar-refractivity contribution in [1.82, 2.24) is 15.6 Å². The van der Waals surface area contributed by atoms with E-state index >= 15 is 0 Å². The fraction of sp³-hybridized carbons (Fsp3) is 0.409. The maximum Gasteiger partial charge on any atom is 0.573 e. The van der Waals surface area contributed by atoms with Crippen molar-refractivity contribution in [2.75, 3.05) is 13.2 Å². The molecular weight excluding hydrogens is 459 g/mol. The van der Waals surface area contributed by atoms with Crippen LogP contribution in [0.3, 0.4) is 0 Å². The first-order valence-electron chi connectivity index (χ1n) is 10.4. The van der Waals surface area contributed by atoms with Crippen molar-refractivity contribution in [1.29, 1.82) is 0 Å². The number of alkyl halides is 3. The third-order valence-corrected chi connectivity index (χ3v) is 5.61. The second kappa shape index (κ2) is 11.7. The number of carbonyl (C=O) groups excluding carboxylic acids is 2. The number of allylic oxidation sites excluding steroid dienone is 1. The van der Waals surface area contributed by atoms with Gasteiger partial charge in [-0.2, -0.15) is 0 Å². The molecule has 2 aromatic rings. The molecule has 2 N–H and O–H groups in total. The van der Waals surface area contributed by atoms with E-state index in [4.69, 9.17) is 4.74 Å². The van der Waals surface area contributed by atoms with Gasteiger partial charge < -0.3 is 20.1 Å². The van der Waals surface area contributed by atoms with Crippen LogP contribution in [-0.2, 0) is 11.3 Å². The van der Waals surface area contributed by atoms with Crippen molar-refractivity contribution in [3.63, 3.8) is 0 Å². The lowest BCUT2D eigenvalue weighted by molar-refractivity contribution is -0.274. The van der Waals surface area contributed by atoms with Crippen molar-refractivity contribution in [2.45, 2.75) is 45.0 Å². The highest BCUT2D eigenvalue weighted by molar-refractivity contribution is 7.09. The maximum atomic E-state index is 12.2. The van der Waals surface area contributed by atoms with Gasteiger partial charge in [-0.15, -0.1) is 24.5 Å². The normalized spacial score (nSPS) is 13.7. The van der Waals surface area contributed by atoms with Crippen LogP contribution in [-0.4, -0.2) is 36.3 Å². The summed E-state index contributed by atoms with van der Waals surface area (Å²) in [6.07, 6.45) is 2.96. The van der Waals surface area contributed by atoms with Crippen LogP contribution in [0.5, 0.6) is 11.5 Å². The van der Waals surface area contributed by atoms with Gasteiger partial charge in [-0.3, -0.25) is 9.59 Å². The van der Waals surface area contributed by atoms with Gasteiger partial charge in [0, 0.05) is 11.9 Å². The molecule has 0 saturated carbocycles. The summed E-state index contributed by atoms with van der Waals surface area (Å²) >= 11 is 1.26. The zero-order chi connectivity index (χ0) is 23.7. The van der Waals surface area contributed by atoms with E-state index in [1.165, 1.54) is 41.9 Å². The minimum absolute atomic E-state index is 0.130. The van der Waals surface area contributed by atoms with Crippen LogP contribution in [0, 0.1) is 0 Å². The first-order chi connectivity index (χ1) is 15.8. The van der Waals surface area contributed by atoms with Gasteiger partial charge in [0.15, 0.2) is 6.61 Å². The number of thiazole rings is 1. The maximum absolute atomic E-state index is 12.2. The van der Waals surface area contributed by atoms with Crippen LogP contribution >= 0.6 is 11.3 Å². The molecule has 0 unspecified atom stereocenters. The van der Waals surface area contributed by atoms with E-state index < -0.39 is 12.3 Å². The molecule has 178 valence electrons. The number of carbonyl (C=O) groups is 2. The quantitative estimate of drug-likeness (QED) is 0.491. The van der Waals surface area contributed by atoms with Gasteiger partial charge in [0.2, 0.25) is 0 Å². The minimum atomic E-state index is -4.77. The Morgan fingerprint density at radius 1 is 1.09 bits per heavy atom. The standard InChI is InChI=1S/C22H24F3N3O4S/c23-22(24,25)32-17-8-6-16(7-9-17)31-13-19(29)27-12-20-28-18(14-33-20)21(30)26-11-10-15-4-2-1-3-5-15/h4,6-9,14H,1-3,5,10-13H2,(H,26,30)(H,27,29). The number of benzene rings is 1. The average molecular weight is 484 g/mol. The van der Waals surface area contributed by atoms with Crippen molar-refractivity contribution >= 4 is 23.2 Å². The summed E-state index contributed by atoms with van der Waals surface area (Å²) in [4.78, 5) is 28.4. The molecule has 0 aliphatic heterocycles. The predicted molar refractivity (Wildman–Crippen MR) is 116 cm³/mol. The van der Waals surface area contributed by atoms with Gasteiger partial charge in [-0.25, -0.2) is 4.98 Å². The lowest BCUT2D eigenvalue weighted by Gasteiger charge is -2.12. The van der Waals surface area contributed by atoms with Gasteiger partial charge in [-0.05, 0) is 56.4 Å². The predicted octanol–water partition coefficient (Wildman–Crippen LogP) is 4.36. The second-order valence-corrected chi connectivity index (χ2v) is 8.27. The zero-order valence-corrected chi connectivity index (χ0v) is 18.6. The number of aromatic nitrogens is 1. The fourth-order valence-corrected chi connectivity index (χ4v) is 3.88. The Morgan fingerprint density at radius 3 is 2.55 bits per heavy atom. The number of amides is 2. The van der Waals surface area contributed by atoms with Crippen molar-refractivity contribution < 1.29 is 32.2 Å². The lowest BCUT2D eigenvalue weighted by atomic mass is 9.97. The molecule has 0 atom stereocenters. The molecule has 33 heavy (non-hydrogen) atoms. The van der Waals surface area contributed by atoms with Gasteiger partial charge in [0.05, 0.1) is 6.54 Å². The molecule has 1 aromatic heterocycles. The third-order valence-electron chi connectivity index (χ3n) is 4.77. The minimum Gasteiger partial charge on any atom is -0.484 e. The molecule has 1 aromatic carbocycles. The Labute approximate surface area is 193 Å². The first-order valence-corrected chi connectivity index (χ1v) is 11.3. The van der Waals surface area contributed by atoms with E-state index in [-0.39, 0.29) is 30.6 Å². The fourth-order valence-electron chi connectivity index (χ4n) is 3.17. The molecule has 2 amide bonds. The SMILES string of the molecule is O=C(COc1ccc(OC(F)(F)F)cc1)NCc1nc(C(=O)NCCC2=CCCCC2)cs1. The highest BCUT2D eigenvalue weighted by Crippen LogP contribution is 2.24. The molecule has 7 nitrogen and oxygen atoms in total. The number of nitrogens with zero attached hydrogens (tertiary/aromatic N) is 1. The topological polar surface area (TPSA) is 89.6 Å². The average Bonchev–Trinajstić information content (AvgIpc) is 3.26. The van der Waals surface area contributed by atoms with Crippen LogP contribution < -0.4 is 20.1 Å². The number of halogens is 3. The van der Waals surface area contributed by atoms with Crippen LogP contribution in [0.25, 0.3) is 0 Å². The molecule has 1 aliphatic carbocycles. The Morgan fingerprint density at radius 2 is 1.85 bits per heavy atom. The van der Waals surface area contributed by atoms with Crippen molar-refractivity contribution in [2.24, 2.45) is 0 Å². The summed E-state index contributed by atoms with van der Waals surface area (Å²) in [6, 6.07) is 4.72. The number of ether oxygens (including phenoxy) is 2. The van der Waals surface area contributed by atoms with Crippen LogP contribution in [0.2, 0.25) is 0 Å². The first kappa shape index (κ1) is 24.6. The van der Waals surface area contributed by atoms with E-state index in [2.05, 4.69) is 26.4 Å². The summed E-state index contributed by atoms with van der Waals surface area (Å²) in [7, 11) is 0. The largest absolute Gasteiger partial charge is 0.573 e. The Balaban J connectivity index is 1.35. The van der Waals surface area contributed by atoms with Crippen molar-refractivity contribution in [3.8, 4) is 11.5 Å². The molecule has 0 saturated heterocycles. The van der Waals surface area contributed by atoms with Gasteiger partial charge >= 0.3 is 6.36 Å². The van der Waals surface area contributed by atoms with E-state index in [1.807, 2.05) is 0 Å². The van der Waals surface area contributed by atoms with Gasteiger partial charge in [0.1, 0.15) is 22.2 Å². The summed E-state index contributed by atoms with van der Waals surface area (Å²) in [5.41, 5.74) is 1.69. The molecule has 0 bridgehead atoms. The molecule has 0 fully saturated rings. The van der Waals surface area contributed by atoms with E-state index in [9.17, 15) is 22.8 Å². The second-order valence-electron chi connectivity index (χ2n) is 7.33. The molecule has 3 rings (SSSR count). The summed E-state index contributed by atoms with van der Waals surface area (Å²) < 4.78 is 45.5. The highest BCUT2D eigenvalue weighted by Gasteiger charge is 2.31. The van der Waals surface area contributed by atoms with Crippen LogP contribution in [0.1, 0.15) is 47.6 Å². The molecule has 1 aliphatic rings. The number of hydrogen-bond acceptors (Lipinski definition) is 6. The summed E-state index contributed by atoms with van der Waals surface area (Å²) in [6.45, 7) is 0.369. The smallest absolute Gasteiger partial charge is 0.484 e. The molecular formula is C22H24F3N3O4S. The lowest BCUT2D eigenvalue weighted by Crippen LogP contribution is -2.28. The van der Waals surface area contributed by atoms with Crippen LogP contribution in [0.4, 0.5) is 13.2 Å². The van der Waals surface area contributed by atoms with Crippen LogP contribution in [0.15, 0.2) is 41.3 Å². The van der Waals surface area contributed by atoms with E-state index in [0.29, 0.717) is 17.2 Å². The number of hydrogen-bond donors (Lipinski definition) is 2. The van der Waals surface area contributed by atoms with Gasteiger partial charge in [-0.1, -0.05) is 11.6 Å². The zero-order valence-electron chi connectivity index (χ0n) is 17.7. The third kappa shape index (κ3) is 8.76.